The van der Waals surface area contributed by atoms with Gasteiger partial charge in [0.25, 0.3) is 0 Å². The fourth-order valence-electron chi connectivity index (χ4n) is 9.08. The van der Waals surface area contributed by atoms with Crippen LogP contribution in [0.15, 0.2) is 30.3 Å². The molecule has 5 unspecified atom stereocenters. The molecule has 0 saturated heterocycles. The largest absolute Gasteiger partial charge is 0.330 e. The Balaban J connectivity index is 1.64. The molecule has 4 aliphatic carbocycles. The fraction of sp³-hybridized carbons (Fsp3) is 0.760. The van der Waals surface area contributed by atoms with Gasteiger partial charge in [-0.25, -0.2) is 0 Å². The first-order valence-corrected chi connectivity index (χ1v) is 11.9. The quantitative estimate of drug-likeness (QED) is 0.617. The van der Waals surface area contributed by atoms with Crippen molar-refractivity contribution in [2.24, 2.45) is 57.4 Å². The van der Waals surface area contributed by atoms with Crippen molar-refractivity contribution in [3.63, 3.8) is 0 Å². The Morgan fingerprint density at radius 3 is 2.48 bits per heavy atom. The van der Waals surface area contributed by atoms with Crippen LogP contribution in [0.5, 0.6) is 0 Å². The van der Waals surface area contributed by atoms with Gasteiger partial charge in [0.1, 0.15) is 0 Å². The van der Waals surface area contributed by atoms with Crippen LogP contribution in [0.4, 0.5) is 0 Å². The van der Waals surface area contributed by atoms with Gasteiger partial charge in [0.15, 0.2) is 0 Å². The van der Waals surface area contributed by atoms with Gasteiger partial charge in [-0.2, -0.15) is 0 Å². The van der Waals surface area contributed by atoms with Crippen LogP contribution in [-0.2, 0) is 0 Å². The molecule has 4 aliphatic rings. The molecule has 5 rings (SSSR count). The SMILES string of the molecule is C[C@]12CC(N)CC(N)C1C(c1ccccc1)C(N)[C@H]1[C@@H]3CCC[C@@]3(CN)CC[C@@H]12. The Morgan fingerprint density at radius 2 is 1.76 bits per heavy atom. The molecule has 1 aromatic carbocycles. The summed E-state index contributed by atoms with van der Waals surface area (Å²) in [6.07, 6.45) is 8.43. The van der Waals surface area contributed by atoms with Gasteiger partial charge >= 0.3 is 0 Å². The summed E-state index contributed by atoms with van der Waals surface area (Å²) in [5.74, 6) is 2.56. The lowest BCUT2D eigenvalue weighted by Crippen LogP contribution is -2.68. The number of benzene rings is 1. The van der Waals surface area contributed by atoms with Crippen LogP contribution in [0.1, 0.15) is 63.4 Å². The first kappa shape index (κ1) is 20.0. The summed E-state index contributed by atoms with van der Waals surface area (Å²) in [4.78, 5) is 0. The normalized spacial score (nSPS) is 51.8. The van der Waals surface area contributed by atoms with Crippen molar-refractivity contribution < 1.29 is 0 Å². The van der Waals surface area contributed by atoms with Crippen LogP contribution >= 0.6 is 0 Å². The van der Waals surface area contributed by atoms with Gasteiger partial charge in [-0.1, -0.05) is 43.7 Å². The monoisotopic (exact) mass is 396 g/mol. The third kappa shape index (κ3) is 2.79. The van der Waals surface area contributed by atoms with Gasteiger partial charge < -0.3 is 22.9 Å². The minimum absolute atomic E-state index is 0.130. The van der Waals surface area contributed by atoms with Crippen molar-refractivity contribution in [2.75, 3.05) is 6.54 Å². The zero-order chi connectivity index (χ0) is 20.4. The van der Waals surface area contributed by atoms with Gasteiger partial charge in [-0.3, -0.25) is 0 Å². The lowest BCUT2D eigenvalue weighted by Gasteiger charge is -2.66. The third-order valence-corrected chi connectivity index (χ3v) is 10.0. The summed E-state index contributed by atoms with van der Waals surface area (Å²) < 4.78 is 0. The molecule has 4 fully saturated rings. The number of hydrogen-bond acceptors (Lipinski definition) is 4. The smallest absolute Gasteiger partial charge is 0.0145 e. The highest BCUT2D eigenvalue weighted by molar-refractivity contribution is 5.29. The predicted molar refractivity (Wildman–Crippen MR) is 119 cm³/mol. The molecule has 0 aromatic heterocycles. The molecule has 4 heteroatoms. The zero-order valence-corrected chi connectivity index (χ0v) is 18.0. The highest BCUT2D eigenvalue weighted by Crippen LogP contribution is 2.68. The maximum Gasteiger partial charge on any atom is 0.0145 e. The van der Waals surface area contributed by atoms with Crippen molar-refractivity contribution in [3.8, 4) is 0 Å². The van der Waals surface area contributed by atoms with Crippen LogP contribution in [0, 0.1) is 34.5 Å². The molecule has 4 nitrogen and oxygen atoms in total. The highest BCUT2D eigenvalue weighted by Gasteiger charge is 2.64. The van der Waals surface area contributed by atoms with Crippen molar-refractivity contribution in [1.82, 2.24) is 0 Å². The molecule has 160 valence electrons. The van der Waals surface area contributed by atoms with Crippen LogP contribution in [0.3, 0.4) is 0 Å². The molecule has 0 amide bonds. The Bertz CT molecular complexity index is 738. The van der Waals surface area contributed by atoms with Crippen molar-refractivity contribution in [2.45, 2.75) is 75.9 Å². The van der Waals surface area contributed by atoms with Crippen LogP contribution in [0.2, 0.25) is 0 Å². The lowest BCUT2D eigenvalue weighted by molar-refractivity contribution is -0.132. The second-order valence-electron chi connectivity index (χ2n) is 11.2. The minimum Gasteiger partial charge on any atom is -0.330 e. The summed E-state index contributed by atoms with van der Waals surface area (Å²) in [6.45, 7) is 3.34. The average Bonchev–Trinajstić information content (AvgIpc) is 3.14. The zero-order valence-electron chi connectivity index (χ0n) is 18.0. The van der Waals surface area contributed by atoms with E-state index in [2.05, 4.69) is 37.3 Å². The molecule has 1 aromatic rings. The first-order valence-electron chi connectivity index (χ1n) is 11.9. The Morgan fingerprint density at radius 1 is 1.00 bits per heavy atom. The summed E-state index contributed by atoms with van der Waals surface area (Å²) in [7, 11) is 0. The van der Waals surface area contributed by atoms with E-state index in [0.717, 1.165) is 19.4 Å². The van der Waals surface area contributed by atoms with Crippen LogP contribution < -0.4 is 22.9 Å². The van der Waals surface area contributed by atoms with E-state index >= 15 is 0 Å². The Kier molecular flexibility index (Phi) is 4.86. The standard InChI is InChI=1S/C25H40N4/c1-24-13-16(27)12-19(28)22(24)20(15-6-3-2-4-7-15)23(29)21-17(24)9-11-25(14-26)10-5-8-18(21)25/h2-4,6-7,16-23H,5,8-14,26-29H2,1H3/t16?,17-,18-,19?,20?,21+,22?,23?,24+,25-/m0/s1. The minimum atomic E-state index is 0.130. The van der Waals surface area contributed by atoms with Gasteiger partial charge in [-0.05, 0) is 85.1 Å². The molecule has 4 saturated carbocycles. The first-order chi connectivity index (χ1) is 13.9. The van der Waals surface area contributed by atoms with Crippen molar-refractivity contribution in [1.29, 1.82) is 0 Å². The van der Waals surface area contributed by atoms with E-state index in [-0.39, 0.29) is 23.5 Å². The number of nitrogens with two attached hydrogens (primary N) is 4. The Hall–Kier alpha value is -0.940. The molecule has 29 heavy (non-hydrogen) atoms. The topological polar surface area (TPSA) is 104 Å². The second-order valence-corrected chi connectivity index (χ2v) is 11.2. The number of hydrogen-bond donors (Lipinski definition) is 4. The molecule has 0 spiro atoms. The van der Waals surface area contributed by atoms with E-state index in [1.807, 2.05) is 0 Å². The van der Waals surface area contributed by atoms with E-state index in [1.165, 1.54) is 37.7 Å². The van der Waals surface area contributed by atoms with Crippen LogP contribution in [0.25, 0.3) is 0 Å². The molecule has 0 bridgehead atoms. The molecule has 10 atom stereocenters. The predicted octanol–water partition coefficient (Wildman–Crippen LogP) is 2.95. The van der Waals surface area contributed by atoms with E-state index in [4.69, 9.17) is 22.9 Å². The summed E-state index contributed by atoms with van der Waals surface area (Å²) in [5, 5.41) is 0. The summed E-state index contributed by atoms with van der Waals surface area (Å²) in [6, 6.07) is 11.5. The van der Waals surface area contributed by atoms with Crippen LogP contribution in [-0.4, -0.2) is 24.7 Å². The average molecular weight is 397 g/mol. The van der Waals surface area contributed by atoms with Crippen molar-refractivity contribution >= 4 is 0 Å². The molecule has 8 N–H and O–H groups in total. The second kappa shape index (κ2) is 7.05. The molecular weight excluding hydrogens is 356 g/mol. The Labute approximate surface area is 176 Å². The van der Waals surface area contributed by atoms with Gasteiger partial charge in [0.05, 0.1) is 0 Å². The third-order valence-electron chi connectivity index (χ3n) is 10.0. The fourth-order valence-corrected chi connectivity index (χ4v) is 9.08. The van der Waals surface area contributed by atoms with E-state index in [1.54, 1.807) is 0 Å². The maximum atomic E-state index is 7.27. The summed E-state index contributed by atoms with van der Waals surface area (Å²) >= 11 is 0. The van der Waals surface area contributed by atoms with Crippen molar-refractivity contribution in [3.05, 3.63) is 35.9 Å². The van der Waals surface area contributed by atoms with Gasteiger partial charge in [0, 0.05) is 24.0 Å². The highest BCUT2D eigenvalue weighted by atomic mass is 14.9. The van der Waals surface area contributed by atoms with E-state index in [9.17, 15) is 0 Å². The van der Waals surface area contributed by atoms with Gasteiger partial charge in [-0.15, -0.1) is 0 Å². The van der Waals surface area contributed by atoms with Gasteiger partial charge in [0.2, 0.25) is 0 Å². The molecular formula is C25H40N4. The maximum absolute atomic E-state index is 7.27. The lowest BCUT2D eigenvalue weighted by atomic mass is 9.40. The molecule has 0 aliphatic heterocycles. The molecule has 0 heterocycles. The molecule has 0 radical (unpaired) electrons. The number of fused-ring (bicyclic) bond motifs is 5. The summed E-state index contributed by atoms with van der Waals surface area (Å²) in [5.41, 5.74) is 29.0. The van der Waals surface area contributed by atoms with E-state index < -0.39 is 0 Å². The number of rotatable bonds is 2. The van der Waals surface area contributed by atoms with E-state index in [0.29, 0.717) is 35.0 Å².